The highest BCUT2D eigenvalue weighted by molar-refractivity contribution is 8.02. The monoisotopic (exact) mass is 153 g/mol. The predicted molar refractivity (Wildman–Crippen MR) is 40.6 cm³/mol. The van der Waals surface area contributed by atoms with Crippen LogP contribution in [0.5, 0.6) is 0 Å². The Bertz CT molecular complexity index is 222. The van der Waals surface area contributed by atoms with E-state index in [9.17, 15) is 0 Å². The Kier molecular flexibility index (Phi) is 1.51. The fraction of sp³-hybridized carbons (Fsp3) is 0.286. The van der Waals surface area contributed by atoms with Crippen LogP contribution in [0.4, 0.5) is 0 Å². The van der Waals surface area contributed by atoms with Crippen molar-refractivity contribution in [3.05, 3.63) is 29.5 Å². The van der Waals surface area contributed by atoms with Gasteiger partial charge in [-0.15, -0.1) is 11.8 Å². The number of allylic oxidation sites excluding steroid dienone is 1. The molecule has 0 amide bonds. The van der Waals surface area contributed by atoms with Crippen LogP contribution in [0, 0.1) is 0 Å². The maximum atomic E-state index is 4.74. The van der Waals surface area contributed by atoms with Gasteiger partial charge < -0.3 is 4.52 Å². The van der Waals surface area contributed by atoms with E-state index in [1.165, 1.54) is 0 Å². The van der Waals surface area contributed by atoms with E-state index in [1.807, 2.05) is 6.07 Å². The van der Waals surface area contributed by atoms with Crippen molar-refractivity contribution in [2.45, 2.75) is 11.7 Å². The molecule has 2 nitrogen and oxygen atoms in total. The first-order valence-electron chi connectivity index (χ1n) is 3.17. The number of aromatic nitrogens is 1. The smallest absolute Gasteiger partial charge is 0.124 e. The standard InChI is InChI=1S/C7H7NOS/c1-2-7(10-5-1)6-3-4-9-8-6/h1,3-5,7H,2H2. The molecule has 0 fully saturated rings. The minimum atomic E-state index is 0.499. The Hall–Kier alpha value is -0.700. The summed E-state index contributed by atoms with van der Waals surface area (Å²) < 4.78 is 4.74. The molecular weight excluding hydrogens is 146 g/mol. The SMILES string of the molecule is C1=CSC(c2ccon2)C1. The third-order valence-electron chi connectivity index (χ3n) is 1.48. The maximum Gasteiger partial charge on any atom is 0.124 e. The van der Waals surface area contributed by atoms with Gasteiger partial charge in [0.1, 0.15) is 6.26 Å². The normalized spacial score (nSPS) is 23.8. The molecule has 1 unspecified atom stereocenters. The van der Waals surface area contributed by atoms with Gasteiger partial charge in [-0.3, -0.25) is 0 Å². The van der Waals surface area contributed by atoms with Crippen molar-refractivity contribution in [1.82, 2.24) is 5.16 Å². The van der Waals surface area contributed by atoms with Gasteiger partial charge >= 0.3 is 0 Å². The van der Waals surface area contributed by atoms with Crippen molar-refractivity contribution in [2.75, 3.05) is 0 Å². The molecule has 1 atom stereocenters. The number of hydrogen-bond donors (Lipinski definition) is 0. The van der Waals surface area contributed by atoms with E-state index < -0.39 is 0 Å². The lowest BCUT2D eigenvalue weighted by Gasteiger charge is -2.00. The maximum absolute atomic E-state index is 4.74. The van der Waals surface area contributed by atoms with Gasteiger partial charge in [-0.05, 0) is 11.8 Å². The topological polar surface area (TPSA) is 26.0 Å². The van der Waals surface area contributed by atoms with Gasteiger partial charge in [0.25, 0.3) is 0 Å². The van der Waals surface area contributed by atoms with Crippen molar-refractivity contribution in [1.29, 1.82) is 0 Å². The number of thioether (sulfide) groups is 1. The third-order valence-corrected chi connectivity index (χ3v) is 2.59. The molecule has 2 heterocycles. The Morgan fingerprint density at radius 1 is 1.70 bits per heavy atom. The Labute approximate surface area is 63.3 Å². The number of rotatable bonds is 1. The van der Waals surface area contributed by atoms with Crippen LogP contribution in [0.2, 0.25) is 0 Å². The highest BCUT2D eigenvalue weighted by Gasteiger charge is 2.15. The highest BCUT2D eigenvalue weighted by Crippen LogP contribution is 2.36. The molecule has 0 radical (unpaired) electrons. The van der Waals surface area contributed by atoms with Crippen molar-refractivity contribution in [3.8, 4) is 0 Å². The average Bonchev–Trinajstić information content (AvgIpc) is 2.59. The van der Waals surface area contributed by atoms with Gasteiger partial charge in [-0.1, -0.05) is 11.2 Å². The van der Waals surface area contributed by atoms with Gasteiger partial charge in [-0.2, -0.15) is 0 Å². The Balaban J connectivity index is 2.14. The van der Waals surface area contributed by atoms with E-state index in [-0.39, 0.29) is 0 Å². The first-order chi connectivity index (χ1) is 4.97. The molecule has 0 saturated carbocycles. The summed E-state index contributed by atoms with van der Waals surface area (Å²) in [5.41, 5.74) is 1.05. The van der Waals surface area contributed by atoms with Crippen molar-refractivity contribution in [2.24, 2.45) is 0 Å². The van der Waals surface area contributed by atoms with E-state index in [2.05, 4.69) is 16.6 Å². The van der Waals surface area contributed by atoms with Crippen molar-refractivity contribution in [3.63, 3.8) is 0 Å². The number of hydrogen-bond acceptors (Lipinski definition) is 3. The summed E-state index contributed by atoms with van der Waals surface area (Å²) in [4.78, 5) is 0. The number of nitrogens with zero attached hydrogens (tertiary/aromatic N) is 1. The lowest BCUT2D eigenvalue weighted by Crippen LogP contribution is -1.86. The second kappa shape index (κ2) is 2.50. The van der Waals surface area contributed by atoms with Gasteiger partial charge in [0.15, 0.2) is 0 Å². The summed E-state index contributed by atoms with van der Waals surface area (Å²) in [6, 6.07) is 1.92. The van der Waals surface area contributed by atoms with Crippen LogP contribution < -0.4 is 0 Å². The molecular formula is C7H7NOS. The summed E-state index contributed by atoms with van der Waals surface area (Å²) >= 11 is 1.80. The first-order valence-corrected chi connectivity index (χ1v) is 4.12. The molecule has 52 valence electrons. The molecule has 1 aromatic heterocycles. The van der Waals surface area contributed by atoms with Crippen molar-refractivity contribution < 1.29 is 4.52 Å². The predicted octanol–water partition coefficient (Wildman–Crippen LogP) is 2.37. The second-order valence-electron chi connectivity index (χ2n) is 2.16. The van der Waals surface area contributed by atoms with Crippen LogP contribution >= 0.6 is 11.8 Å². The van der Waals surface area contributed by atoms with Crippen LogP contribution in [0.15, 0.2) is 28.3 Å². The van der Waals surface area contributed by atoms with Gasteiger partial charge in [-0.25, -0.2) is 0 Å². The molecule has 0 aliphatic carbocycles. The van der Waals surface area contributed by atoms with Gasteiger partial charge in [0.05, 0.1) is 10.9 Å². The summed E-state index contributed by atoms with van der Waals surface area (Å²) in [5.74, 6) is 0. The molecule has 1 aromatic rings. The zero-order valence-electron chi connectivity index (χ0n) is 5.36. The molecule has 10 heavy (non-hydrogen) atoms. The minimum absolute atomic E-state index is 0.499. The van der Waals surface area contributed by atoms with E-state index in [0.717, 1.165) is 12.1 Å². The molecule has 1 aliphatic rings. The average molecular weight is 153 g/mol. The first kappa shape index (κ1) is 6.04. The molecule has 3 heteroatoms. The van der Waals surface area contributed by atoms with Crippen LogP contribution in [0.25, 0.3) is 0 Å². The molecule has 0 saturated heterocycles. The Morgan fingerprint density at radius 2 is 2.70 bits per heavy atom. The van der Waals surface area contributed by atoms with E-state index in [1.54, 1.807) is 18.0 Å². The molecule has 1 aliphatic heterocycles. The van der Waals surface area contributed by atoms with E-state index in [0.29, 0.717) is 5.25 Å². The summed E-state index contributed by atoms with van der Waals surface area (Å²) in [6.45, 7) is 0. The van der Waals surface area contributed by atoms with Crippen LogP contribution in [0.3, 0.4) is 0 Å². The lowest BCUT2D eigenvalue weighted by molar-refractivity contribution is 0.411. The largest absolute Gasteiger partial charge is 0.364 e. The van der Waals surface area contributed by atoms with E-state index in [4.69, 9.17) is 4.52 Å². The summed E-state index contributed by atoms with van der Waals surface area (Å²) in [7, 11) is 0. The van der Waals surface area contributed by atoms with Gasteiger partial charge in [0, 0.05) is 6.07 Å². The fourth-order valence-corrected chi connectivity index (χ4v) is 1.86. The fourth-order valence-electron chi connectivity index (χ4n) is 0.964. The third kappa shape index (κ3) is 0.968. The lowest BCUT2D eigenvalue weighted by atomic mass is 10.2. The van der Waals surface area contributed by atoms with Crippen LogP contribution in [-0.2, 0) is 0 Å². The molecule has 0 aromatic carbocycles. The van der Waals surface area contributed by atoms with Crippen LogP contribution in [-0.4, -0.2) is 5.16 Å². The van der Waals surface area contributed by atoms with E-state index >= 15 is 0 Å². The van der Waals surface area contributed by atoms with Crippen molar-refractivity contribution >= 4 is 11.8 Å². The zero-order chi connectivity index (χ0) is 6.81. The summed E-state index contributed by atoms with van der Waals surface area (Å²) in [5, 5.41) is 6.47. The van der Waals surface area contributed by atoms with Gasteiger partial charge in [0.2, 0.25) is 0 Å². The minimum Gasteiger partial charge on any atom is -0.364 e. The Morgan fingerprint density at radius 3 is 3.30 bits per heavy atom. The molecule has 0 N–H and O–H groups in total. The molecule has 0 spiro atoms. The molecule has 2 rings (SSSR count). The quantitative estimate of drug-likeness (QED) is 0.619. The summed E-state index contributed by atoms with van der Waals surface area (Å²) in [6.07, 6.45) is 4.86. The second-order valence-corrected chi connectivity index (χ2v) is 3.27. The van der Waals surface area contributed by atoms with Crippen LogP contribution in [0.1, 0.15) is 17.4 Å². The zero-order valence-corrected chi connectivity index (χ0v) is 6.17. The highest BCUT2D eigenvalue weighted by atomic mass is 32.2. The molecule has 0 bridgehead atoms.